The van der Waals surface area contributed by atoms with E-state index in [4.69, 9.17) is 0 Å². The number of hydrogen-bond donors (Lipinski definition) is 2. The Hall–Kier alpha value is -3.21. The lowest BCUT2D eigenvalue weighted by atomic mass is 10.1. The van der Waals surface area contributed by atoms with Gasteiger partial charge < -0.3 is 10.6 Å². The van der Waals surface area contributed by atoms with Crippen molar-refractivity contribution in [3.63, 3.8) is 0 Å². The number of rotatable bonds is 5. The summed E-state index contributed by atoms with van der Waals surface area (Å²) in [7, 11) is 0. The summed E-state index contributed by atoms with van der Waals surface area (Å²) in [5.41, 5.74) is 1.75. The minimum Gasteiger partial charge on any atom is -0.362 e. The third-order valence-electron chi connectivity index (χ3n) is 3.61. The molecule has 1 unspecified atom stereocenters. The van der Waals surface area contributed by atoms with Crippen LogP contribution in [0, 0.1) is 0 Å². The van der Waals surface area contributed by atoms with Crippen molar-refractivity contribution in [3.8, 4) is 0 Å². The lowest BCUT2D eigenvalue weighted by molar-refractivity contribution is 0.102. The fraction of sp³-hybridized carbons (Fsp3) is 0.105. The maximum atomic E-state index is 12.1. The highest BCUT2D eigenvalue weighted by Gasteiger charge is 2.08. The first-order chi connectivity index (χ1) is 11.7. The van der Waals surface area contributed by atoms with E-state index in [1.807, 2.05) is 36.4 Å². The summed E-state index contributed by atoms with van der Waals surface area (Å²) in [5, 5.41) is 14.2. The molecular weight excluding hydrogens is 300 g/mol. The van der Waals surface area contributed by atoms with Crippen LogP contribution in [0.1, 0.15) is 28.9 Å². The van der Waals surface area contributed by atoms with Crippen molar-refractivity contribution in [3.05, 3.63) is 83.9 Å². The van der Waals surface area contributed by atoms with E-state index in [0.29, 0.717) is 17.2 Å². The van der Waals surface area contributed by atoms with E-state index in [1.165, 1.54) is 5.56 Å². The van der Waals surface area contributed by atoms with Gasteiger partial charge in [0, 0.05) is 11.6 Å². The van der Waals surface area contributed by atoms with Crippen LogP contribution >= 0.6 is 0 Å². The second-order valence-corrected chi connectivity index (χ2v) is 5.40. The molecule has 0 spiro atoms. The Balaban J connectivity index is 1.62. The van der Waals surface area contributed by atoms with Crippen molar-refractivity contribution < 1.29 is 4.79 Å². The third kappa shape index (κ3) is 3.95. The fourth-order valence-electron chi connectivity index (χ4n) is 2.30. The lowest BCUT2D eigenvalue weighted by Crippen LogP contribution is -2.14. The van der Waals surface area contributed by atoms with Crippen LogP contribution in [0.15, 0.2) is 72.8 Å². The van der Waals surface area contributed by atoms with E-state index in [1.54, 1.807) is 24.3 Å². The maximum Gasteiger partial charge on any atom is 0.256 e. The molecule has 5 heteroatoms. The zero-order valence-electron chi connectivity index (χ0n) is 13.3. The average molecular weight is 318 g/mol. The Morgan fingerprint density at radius 1 is 0.833 bits per heavy atom. The number of anilines is 2. The monoisotopic (exact) mass is 318 g/mol. The number of nitrogens with zero attached hydrogens (tertiary/aromatic N) is 2. The molecule has 120 valence electrons. The molecular formula is C19H18N4O. The summed E-state index contributed by atoms with van der Waals surface area (Å²) in [6.07, 6.45) is 0. The molecule has 3 rings (SSSR count). The van der Waals surface area contributed by atoms with Crippen LogP contribution in [-0.2, 0) is 0 Å². The van der Waals surface area contributed by atoms with Gasteiger partial charge in [-0.25, -0.2) is 0 Å². The molecule has 0 aliphatic heterocycles. The normalized spacial score (nSPS) is 11.5. The molecule has 5 nitrogen and oxygen atoms in total. The third-order valence-corrected chi connectivity index (χ3v) is 3.61. The summed E-state index contributed by atoms with van der Waals surface area (Å²) in [6, 6.07) is 22.7. The van der Waals surface area contributed by atoms with Gasteiger partial charge in [-0.1, -0.05) is 48.5 Å². The maximum absolute atomic E-state index is 12.1. The fourth-order valence-corrected chi connectivity index (χ4v) is 2.30. The summed E-state index contributed by atoms with van der Waals surface area (Å²) >= 11 is 0. The number of aromatic nitrogens is 2. The first kappa shape index (κ1) is 15.7. The van der Waals surface area contributed by atoms with Crippen LogP contribution in [0.2, 0.25) is 0 Å². The van der Waals surface area contributed by atoms with Crippen LogP contribution in [0.25, 0.3) is 0 Å². The molecule has 0 bridgehead atoms. The van der Waals surface area contributed by atoms with Crippen molar-refractivity contribution >= 4 is 17.5 Å². The number of carbonyl (C=O) groups is 1. The van der Waals surface area contributed by atoms with E-state index in [0.717, 1.165) is 0 Å². The Bertz CT molecular complexity index is 789. The van der Waals surface area contributed by atoms with E-state index in [2.05, 4.69) is 39.9 Å². The van der Waals surface area contributed by atoms with Crippen molar-refractivity contribution in [2.75, 3.05) is 10.6 Å². The van der Waals surface area contributed by atoms with E-state index in [-0.39, 0.29) is 11.9 Å². The lowest BCUT2D eigenvalue weighted by Gasteiger charge is -2.14. The molecule has 0 aliphatic carbocycles. The van der Waals surface area contributed by atoms with Gasteiger partial charge in [0.2, 0.25) is 0 Å². The van der Waals surface area contributed by atoms with E-state index < -0.39 is 0 Å². The van der Waals surface area contributed by atoms with Crippen LogP contribution in [0.3, 0.4) is 0 Å². The van der Waals surface area contributed by atoms with Gasteiger partial charge in [-0.3, -0.25) is 4.79 Å². The van der Waals surface area contributed by atoms with Gasteiger partial charge in [-0.2, -0.15) is 0 Å². The van der Waals surface area contributed by atoms with Crippen molar-refractivity contribution in [2.24, 2.45) is 0 Å². The first-order valence-electron chi connectivity index (χ1n) is 7.74. The molecule has 3 aromatic rings. The number of carbonyl (C=O) groups excluding carboxylic acids is 1. The first-order valence-corrected chi connectivity index (χ1v) is 7.74. The second-order valence-electron chi connectivity index (χ2n) is 5.40. The quantitative estimate of drug-likeness (QED) is 0.748. The van der Waals surface area contributed by atoms with E-state index in [9.17, 15) is 4.79 Å². The highest BCUT2D eigenvalue weighted by molar-refractivity contribution is 6.03. The average Bonchev–Trinajstić information content (AvgIpc) is 2.65. The van der Waals surface area contributed by atoms with Gasteiger partial charge in [0.15, 0.2) is 5.82 Å². The molecule has 24 heavy (non-hydrogen) atoms. The zero-order valence-corrected chi connectivity index (χ0v) is 13.3. The Morgan fingerprint density at radius 3 is 2.04 bits per heavy atom. The minimum absolute atomic E-state index is 0.116. The highest BCUT2D eigenvalue weighted by Crippen LogP contribution is 2.17. The van der Waals surface area contributed by atoms with Crippen LogP contribution in [0.4, 0.5) is 11.6 Å². The molecule has 0 fully saturated rings. The number of nitrogens with one attached hydrogen (secondary N) is 2. The highest BCUT2D eigenvalue weighted by atomic mass is 16.1. The van der Waals surface area contributed by atoms with Crippen molar-refractivity contribution in [2.45, 2.75) is 13.0 Å². The molecule has 0 saturated heterocycles. The Labute approximate surface area is 140 Å². The van der Waals surface area contributed by atoms with Crippen molar-refractivity contribution in [1.29, 1.82) is 0 Å². The smallest absolute Gasteiger partial charge is 0.256 e. The Kier molecular flexibility index (Phi) is 4.81. The zero-order chi connectivity index (χ0) is 16.8. The van der Waals surface area contributed by atoms with Crippen LogP contribution in [0.5, 0.6) is 0 Å². The molecule has 0 radical (unpaired) electrons. The van der Waals surface area contributed by atoms with Gasteiger partial charge in [-0.15, -0.1) is 10.2 Å². The second kappa shape index (κ2) is 7.37. The molecule has 0 aliphatic rings. The van der Waals surface area contributed by atoms with Crippen LogP contribution < -0.4 is 10.6 Å². The molecule has 1 heterocycles. The number of amides is 1. The minimum atomic E-state index is -0.205. The topological polar surface area (TPSA) is 66.9 Å². The number of benzene rings is 2. The molecule has 1 atom stereocenters. The molecule has 1 amide bonds. The van der Waals surface area contributed by atoms with Crippen molar-refractivity contribution in [1.82, 2.24) is 10.2 Å². The van der Waals surface area contributed by atoms with Crippen LogP contribution in [-0.4, -0.2) is 16.1 Å². The number of hydrogen-bond acceptors (Lipinski definition) is 4. The molecule has 1 aromatic heterocycles. The largest absolute Gasteiger partial charge is 0.362 e. The van der Waals surface area contributed by atoms with E-state index >= 15 is 0 Å². The Morgan fingerprint density at radius 2 is 1.42 bits per heavy atom. The predicted octanol–water partition coefficient (Wildman–Crippen LogP) is 3.90. The van der Waals surface area contributed by atoms with Gasteiger partial charge in [0.1, 0.15) is 5.82 Å². The van der Waals surface area contributed by atoms with Gasteiger partial charge in [0.05, 0.1) is 0 Å². The summed E-state index contributed by atoms with van der Waals surface area (Å²) in [5.74, 6) is 0.870. The standard InChI is InChI=1S/C19H18N4O/c1-14(15-8-4-2-5-9-15)20-17-12-13-18(23-22-17)21-19(24)16-10-6-3-7-11-16/h2-14H,1H3,(H,20,22)(H,21,23,24). The van der Waals surface area contributed by atoms with Gasteiger partial charge >= 0.3 is 0 Å². The summed E-state index contributed by atoms with van der Waals surface area (Å²) in [6.45, 7) is 2.06. The summed E-state index contributed by atoms with van der Waals surface area (Å²) in [4.78, 5) is 12.1. The van der Waals surface area contributed by atoms with Gasteiger partial charge in [0.25, 0.3) is 5.91 Å². The molecule has 2 aromatic carbocycles. The SMILES string of the molecule is CC(Nc1ccc(NC(=O)c2ccccc2)nn1)c1ccccc1. The summed E-state index contributed by atoms with van der Waals surface area (Å²) < 4.78 is 0. The van der Waals surface area contributed by atoms with Gasteiger partial charge in [-0.05, 0) is 36.8 Å². The molecule has 2 N–H and O–H groups in total. The predicted molar refractivity (Wildman–Crippen MR) is 94.9 cm³/mol. The molecule has 0 saturated carbocycles.